The number of nitrogens with zero attached hydrogens (tertiary/aromatic N) is 4. The summed E-state index contributed by atoms with van der Waals surface area (Å²) in [6.45, 7) is 4.96. The Labute approximate surface area is 143 Å². The van der Waals surface area contributed by atoms with Crippen LogP contribution in [-0.4, -0.2) is 47.5 Å². The fraction of sp³-hybridized carbons (Fsp3) is 0.312. The molecule has 1 aromatic carbocycles. The van der Waals surface area contributed by atoms with E-state index in [1.165, 1.54) is 5.56 Å². The number of carbonyl (C=O) groups excluding carboxylic acids is 1. The molecule has 0 bridgehead atoms. The monoisotopic (exact) mass is 375 g/mol. The van der Waals surface area contributed by atoms with Crippen LogP contribution in [-0.2, 0) is 4.79 Å². The van der Waals surface area contributed by atoms with Gasteiger partial charge in [-0.2, -0.15) is 4.98 Å². The number of benzene rings is 1. The van der Waals surface area contributed by atoms with Crippen LogP contribution in [0.4, 0.5) is 17.5 Å². The average molecular weight is 376 g/mol. The topological polar surface area (TPSA) is 61.4 Å². The van der Waals surface area contributed by atoms with Gasteiger partial charge in [-0.25, -0.2) is 4.98 Å². The number of hydrogen-bond acceptors (Lipinski definition) is 5. The minimum Gasteiger partial charge on any atom is -0.342 e. The molecular formula is C16H18BrN5O. The third-order valence-electron chi connectivity index (χ3n) is 3.83. The average Bonchev–Trinajstić information content (AvgIpc) is 2.58. The van der Waals surface area contributed by atoms with E-state index in [1.807, 2.05) is 24.3 Å². The van der Waals surface area contributed by atoms with Gasteiger partial charge in [-0.1, -0.05) is 22.0 Å². The summed E-state index contributed by atoms with van der Waals surface area (Å²) in [5.74, 6) is 1.44. The molecule has 1 amide bonds. The van der Waals surface area contributed by atoms with Crippen molar-refractivity contribution >= 4 is 39.8 Å². The lowest BCUT2D eigenvalue weighted by molar-refractivity contribution is -0.118. The Morgan fingerprint density at radius 2 is 2.00 bits per heavy atom. The van der Waals surface area contributed by atoms with Crippen LogP contribution in [0.15, 0.2) is 34.9 Å². The van der Waals surface area contributed by atoms with Crippen molar-refractivity contribution in [3.8, 4) is 0 Å². The Morgan fingerprint density at radius 3 is 2.70 bits per heavy atom. The van der Waals surface area contributed by atoms with E-state index in [2.05, 4.69) is 43.0 Å². The van der Waals surface area contributed by atoms with E-state index in [4.69, 9.17) is 0 Å². The summed E-state index contributed by atoms with van der Waals surface area (Å²) in [6.07, 6.45) is 2.64. The summed E-state index contributed by atoms with van der Waals surface area (Å²) in [5, 5.41) is 3.30. The molecule has 0 radical (unpaired) electrons. The predicted molar refractivity (Wildman–Crippen MR) is 94.0 cm³/mol. The molecule has 1 fully saturated rings. The first-order valence-corrected chi connectivity index (χ1v) is 8.25. The smallest absolute Gasteiger partial charge is 0.227 e. The molecule has 0 unspecified atom stereocenters. The Balaban J connectivity index is 1.72. The lowest BCUT2D eigenvalue weighted by Gasteiger charge is -2.32. The van der Waals surface area contributed by atoms with Crippen molar-refractivity contribution in [3.63, 3.8) is 0 Å². The standard InChI is InChI=1S/C16H18BrN5O/c1-12-2-3-13(10-14(12)17)19-15-4-5-18-16(20-15)22-8-6-21(11-23)7-9-22/h2-5,10-11H,6-9H2,1H3,(H,18,19,20). The van der Waals surface area contributed by atoms with Crippen molar-refractivity contribution in [1.82, 2.24) is 14.9 Å². The highest BCUT2D eigenvalue weighted by molar-refractivity contribution is 9.10. The maximum Gasteiger partial charge on any atom is 0.227 e. The number of piperazine rings is 1. The van der Waals surface area contributed by atoms with Crippen molar-refractivity contribution < 1.29 is 4.79 Å². The van der Waals surface area contributed by atoms with Crippen LogP contribution >= 0.6 is 15.9 Å². The van der Waals surface area contributed by atoms with Gasteiger partial charge in [-0.3, -0.25) is 4.79 Å². The second-order valence-corrected chi connectivity index (χ2v) is 6.31. The van der Waals surface area contributed by atoms with Gasteiger partial charge in [0, 0.05) is 42.5 Å². The maximum absolute atomic E-state index is 10.8. The minimum atomic E-state index is 0.687. The molecule has 2 aromatic rings. The first-order valence-electron chi connectivity index (χ1n) is 7.46. The van der Waals surface area contributed by atoms with E-state index in [-0.39, 0.29) is 0 Å². The summed E-state index contributed by atoms with van der Waals surface area (Å²) in [4.78, 5) is 23.6. The third-order valence-corrected chi connectivity index (χ3v) is 4.69. The summed E-state index contributed by atoms with van der Waals surface area (Å²) >= 11 is 3.53. The molecule has 1 aliphatic heterocycles. The van der Waals surface area contributed by atoms with Crippen LogP contribution in [0.3, 0.4) is 0 Å². The molecule has 1 aliphatic rings. The zero-order valence-corrected chi connectivity index (χ0v) is 14.5. The highest BCUT2D eigenvalue weighted by atomic mass is 79.9. The van der Waals surface area contributed by atoms with Gasteiger partial charge in [0.05, 0.1) is 0 Å². The predicted octanol–water partition coefficient (Wildman–Crippen LogP) is 2.57. The van der Waals surface area contributed by atoms with Gasteiger partial charge in [0.1, 0.15) is 5.82 Å². The van der Waals surface area contributed by atoms with Crippen molar-refractivity contribution in [2.24, 2.45) is 0 Å². The van der Waals surface area contributed by atoms with Crippen molar-refractivity contribution in [2.45, 2.75) is 6.92 Å². The largest absolute Gasteiger partial charge is 0.342 e. The Kier molecular flexibility index (Phi) is 4.76. The lowest BCUT2D eigenvalue weighted by atomic mass is 10.2. The van der Waals surface area contributed by atoms with E-state index in [0.29, 0.717) is 19.0 Å². The second kappa shape index (κ2) is 6.95. The molecule has 2 heterocycles. The number of anilines is 3. The van der Waals surface area contributed by atoms with Gasteiger partial charge < -0.3 is 15.1 Å². The van der Waals surface area contributed by atoms with E-state index in [0.717, 1.165) is 35.5 Å². The normalized spacial score (nSPS) is 14.7. The number of halogens is 1. The summed E-state index contributed by atoms with van der Waals surface area (Å²) in [6, 6.07) is 7.94. The Morgan fingerprint density at radius 1 is 1.22 bits per heavy atom. The summed E-state index contributed by atoms with van der Waals surface area (Å²) in [5.41, 5.74) is 2.16. The first kappa shape index (κ1) is 15.7. The molecule has 3 rings (SSSR count). The summed E-state index contributed by atoms with van der Waals surface area (Å²) in [7, 11) is 0. The first-order chi connectivity index (χ1) is 11.2. The van der Waals surface area contributed by atoms with Crippen LogP contribution in [0.1, 0.15) is 5.56 Å². The van der Waals surface area contributed by atoms with Gasteiger partial charge >= 0.3 is 0 Å². The third kappa shape index (κ3) is 3.79. The molecule has 1 aromatic heterocycles. The van der Waals surface area contributed by atoms with Crippen molar-refractivity contribution in [2.75, 3.05) is 36.4 Å². The molecule has 7 heteroatoms. The fourth-order valence-corrected chi connectivity index (χ4v) is 2.80. The number of carbonyl (C=O) groups is 1. The Hall–Kier alpha value is -2.15. The zero-order valence-electron chi connectivity index (χ0n) is 12.9. The molecule has 0 atom stereocenters. The molecule has 0 saturated carbocycles. The van der Waals surface area contributed by atoms with E-state index < -0.39 is 0 Å². The van der Waals surface area contributed by atoms with E-state index >= 15 is 0 Å². The number of aromatic nitrogens is 2. The molecule has 1 N–H and O–H groups in total. The lowest BCUT2D eigenvalue weighted by Crippen LogP contribution is -2.46. The number of nitrogens with one attached hydrogen (secondary N) is 1. The molecule has 120 valence electrons. The van der Waals surface area contributed by atoms with E-state index in [9.17, 15) is 4.79 Å². The highest BCUT2D eigenvalue weighted by Crippen LogP contribution is 2.23. The van der Waals surface area contributed by atoms with E-state index in [1.54, 1.807) is 11.1 Å². The fourth-order valence-electron chi connectivity index (χ4n) is 2.42. The SMILES string of the molecule is Cc1ccc(Nc2ccnc(N3CCN(C=O)CC3)n2)cc1Br. The highest BCUT2D eigenvalue weighted by Gasteiger charge is 2.17. The van der Waals surface area contributed by atoms with Gasteiger partial charge in [-0.05, 0) is 30.7 Å². The zero-order chi connectivity index (χ0) is 16.2. The van der Waals surface area contributed by atoms with Crippen LogP contribution in [0.2, 0.25) is 0 Å². The second-order valence-electron chi connectivity index (χ2n) is 5.46. The van der Waals surface area contributed by atoms with Gasteiger partial charge in [0.15, 0.2) is 0 Å². The van der Waals surface area contributed by atoms with Gasteiger partial charge in [-0.15, -0.1) is 0 Å². The number of hydrogen-bond donors (Lipinski definition) is 1. The molecule has 0 spiro atoms. The van der Waals surface area contributed by atoms with Crippen molar-refractivity contribution in [3.05, 3.63) is 40.5 Å². The number of aryl methyl sites for hydroxylation is 1. The number of rotatable bonds is 4. The number of amides is 1. The van der Waals surface area contributed by atoms with Crippen LogP contribution < -0.4 is 10.2 Å². The maximum atomic E-state index is 10.8. The van der Waals surface area contributed by atoms with Gasteiger partial charge in [0.2, 0.25) is 12.4 Å². The van der Waals surface area contributed by atoms with Crippen LogP contribution in [0.5, 0.6) is 0 Å². The molecule has 1 saturated heterocycles. The molecule has 0 aliphatic carbocycles. The summed E-state index contributed by atoms with van der Waals surface area (Å²) < 4.78 is 1.06. The molecular weight excluding hydrogens is 358 g/mol. The van der Waals surface area contributed by atoms with Crippen LogP contribution in [0, 0.1) is 6.92 Å². The van der Waals surface area contributed by atoms with Gasteiger partial charge in [0.25, 0.3) is 0 Å². The quantitative estimate of drug-likeness (QED) is 0.832. The molecule has 6 nitrogen and oxygen atoms in total. The van der Waals surface area contributed by atoms with Crippen LogP contribution in [0.25, 0.3) is 0 Å². The van der Waals surface area contributed by atoms with Crippen molar-refractivity contribution in [1.29, 1.82) is 0 Å². The minimum absolute atomic E-state index is 0.687. The molecule has 23 heavy (non-hydrogen) atoms. The Bertz CT molecular complexity index is 701.